The van der Waals surface area contributed by atoms with Crippen LogP contribution in [0.15, 0.2) is 24.7 Å². The highest BCUT2D eigenvalue weighted by Gasteiger charge is 2.28. The summed E-state index contributed by atoms with van der Waals surface area (Å²) in [6.07, 6.45) is 6.91. The zero-order valence-corrected chi connectivity index (χ0v) is 21.6. The lowest BCUT2D eigenvalue weighted by Crippen LogP contribution is -2.45. The summed E-state index contributed by atoms with van der Waals surface area (Å²) in [6, 6.07) is 4.58. The maximum absolute atomic E-state index is 13.4. The molecule has 1 amide bonds. The van der Waals surface area contributed by atoms with Gasteiger partial charge in [-0.25, -0.2) is 9.50 Å². The van der Waals surface area contributed by atoms with E-state index in [0.29, 0.717) is 12.0 Å². The molecular formula is C26H34N6OS. The molecule has 1 aliphatic rings. The van der Waals surface area contributed by atoms with E-state index < -0.39 is 0 Å². The number of piperidine rings is 1. The van der Waals surface area contributed by atoms with E-state index in [-0.39, 0.29) is 5.91 Å². The summed E-state index contributed by atoms with van der Waals surface area (Å²) in [6.45, 7) is 12.0. The standard InChI is InChI=1S/C26H34N6OS/c1-6-9-31-10-7-19(8-11-31)30(5)26(33)21-13-20-22(16(2)3)23(29-25(20)34-21)18-12-17(4)24-27-15-28-32(24)14-18/h12-16,19,29H,6-11H2,1-5H3. The molecule has 1 aliphatic heterocycles. The molecule has 5 rings (SSSR count). The van der Waals surface area contributed by atoms with Gasteiger partial charge < -0.3 is 14.8 Å². The van der Waals surface area contributed by atoms with Crippen molar-refractivity contribution in [1.29, 1.82) is 0 Å². The fourth-order valence-electron chi connectivity index (χ4n) is 5.35. The second kappa shape index (κ2) is 9.15. The van der Waals surface area contributed by atoms with Crippen LogP contribution in [-0.2, 0) is 0 Å². The molecule has 0 spiro atoms. The second-order valence-corrected chi connectivity index (χ2v) is 10.9. The Morgan fingerprint density at radius 3 is 2.76 bits per heavy atom. The summed E-state index contributed by atoms with van der Waals surface area (Å²) < 4.78 is 1.83. The van der Waals surface area contributed by atoms with Crippen LogP contribution in [0.5, 0.6) is 0 Å². The molecule has 0 bridgehead atoms. The number of aryl methyl sites for hydroxylation is 1. The fraction of sp³-hybridized carbons (Fsp3) is 0.500. The number of rotatable bonds is 6. The van der Waals surface area contributed by atoms with Gasteiger partial charge >= 0.3 is 0 Å². The molecular weight excluding hydrogens is 444 g/mol. The number of nitrogens with one attached hydrogen (secondary N) is 1. The topological polar surface area (TPSA) is 69.5 Å². The Bertz CT molecular complexity index is 1320. The molecule has 4 aromatic rings. The molecule has 0 aliphatic carbocycles. The minimum atomic E-state index is 0.139. The number of hydrogen-bond acceptors (Lipinski definition) is 5. The lowest BCUT2D eigenvalue weighted by Gasteiger charge is -2.36. The van der Waals surface area contributed by atoms with Crippen LogP contribution in [0.25, 0.3) is 27.1 Å². The Labute approximate surface area is 204 Å². The molecule has 7 nitrogen and oxygen atoms in total. The molecule has 0 atom stereocenters. The number of carbonyl (C=O) groups excluding carboxylic acids is 1. The van der Waals surface area contributed by atoms with Crippen molar-refractivity contribution < 1.29 is 4.79 Å². The molecule has 0 aromatic carbocycles. The van der Waals surface area contributed by atoms with Gasteiger partial charge in [0.1, 0.15) is 11.2 Å². The van der Waals surface area contributed by atoms with Crippen molar-refractivity contribution in [1.82, 2.24) is 29.4 Å². The number of nitrogens with zero attached hydrogens (tertiary/aromatic N) is 5. The second-order valence-electron chi connectivity index (χ2n) is 9.85. The summed E-state index contributed by atoms with van der Waals surface area (Å²) in [5, 5.41) is 5.49. The Balaban J connectivity index is 1.44. The van der Waals surface area contributed by atoms with Crippen LogP contribution >= 0.6 is 11.3 Å². The molecule has 34 heavy (non-hydrogen) atoms. The number of thiophene rings is 1. The van der Waals surface area contributed by atoms with E-state index in [2.05, 4.69) is 59.8 Å². The van der Waals surface area contributed by atoms with Gasteiger partial charge in [0, 0.05) is 43.3 Å². The van der Waals surface area contributed by atoms with Gasteiger partial charge in [-0.1, -0.05) is 20.8 Å². The molecule has 1 N–H and O–H groups in total. The highest BCUT2D eigenvalue weighted by Crippen LogP contribution is 2.40. The third-order valence-corrected chi connectivity index (χ3v) is 8.17. The summed E-state index contributed by atoms with van der Waals surface area (Å²) >= 11 is 1.57. The summed E-state index contributed by atoms with van der Waals surface area (Å²) in [5.74, 6) is 0.452. The largest absolute Gasteiger partial charge is 0.346 e. The Morgan fingerprint density at radius 2 is 2.06 bits per heavy atom. The monoisotopic (exact) mass is 478 g/mol. The highest BCUT2D eigenvalue weighted by molar-refractivity contribution is 7.20. The first-order chi connectivity index (χ1) is 16.4. The van der Waals surface area contributed by atoms with Crippen LogP contribution in [0.2, 0.25) is 0 Å². The molecule has 0 saturated carbocycles. The molecule has 0 unspecified atom stereocenters. The Kier molecular flexibility index (Phi) is 6.20. The van der Waals surface area contributed by atoms with Crippen molar-refractivity contribution in [2.45, 2.75) is 58.9 Å². The van der Waals surface area contributed by atoms with E-state index in [9.17, 15) is 4.79 Å². The number of hydrogen-bond donors (Lipinski definition) is 1. The van der Waals surface area contributed by atoms with E-state index in [1.54, 1.807) is 17.7 Å². The van der Waals surface area contributed by atoms with Crippen LogP contribution in [0.1, 0.15) is 66.8 Å². The van der Waals surface area contributed by atoms with Crippen molar-refractivity contribution in [3.8, 4) is 11.3 Å². The van der Waals surface area contributed by atoms with Crippen LogP contribution in [0.3, 0.4) is 0 Å². The molecule has 180 valence electrons. The summed E-state index contributed by atoms with van der Waals surface area (Å²) in [7, 11) is 1.97. The van der Waals surface area contributed by atoms with Gasteiger partial charge in [0.2, 0.25) is 0 Å². The first-order valence-corrected chi connectivity index (χ1v) is 13.1. The van der Waals surface area contributed by atoms with Gasteiger partial charge in [-0.3, -0.25) is 4.79 Å². The number of aromatic amines is 1. The number of aromatic nitrogens is 4. The van der Waals surface area contributed by atoms with Crippen molar-refractivity contribution in [2.75, 3.05) is 26.7 Å². The number of likely N-dealkylation sites (tertiary alicyclic amines) is 1. The van der Waals surface area contributed by atoms with E-state index in [4.69, 9.17) is 0 Å². The molecule has 4 aromatic heterocycles. The van der Waals surface area contributed by atoms with Crippen molar-refractivity contribution in [3.05, 3.63) is 40.7 Å². The van der Waals surface area contributed by atoms with Gasteiger partial charge in [-0.2, -0.15) is 5.10 Å². The molecule has 5 heterocycles. The zero-order valence-electron chi connectivity index (χ0n) is 20.8. The number of H-pyrrole nitrogens is 1. The minimum absolute atomic E-state index is 0.139. The quantitative estimate of drug-likeness (QED) is 0.407. The third kappa shape index (κ3) is 4.03. The SMILES string of the molecule is CCCN1CCC(N(C)C(=O)c2cc3c(C(C)C)c(-c4cc(C)c5ncnn5c4)[nH]c3s2)CC1. The van der Waals surface area contributed by atoms with E-state index >= 15 is 0 Å². The minimum Gasteiger partial charge on any atom is -0.346 e. The third-order valence-electron chi connectivity index (χ3n) is 7.13. The van der Waals surface area contributed by atoms with Crippen molar-refractivity contribution in [3.63, 3.8) is 0 Å². The average molecular weight is 479 g/mol. The van der Waals surface area contributed by atoms with Gasteiger partial charge in [0.05, 0.1) is 10.6 Å². The van der Waals surface area contributed by atoms with Crippen LogP contribution in [0, 0.1) is 6.92 Å². The molecule has 8 heteroatoms. The summed E-state index contributed by atoms with van der Waals surface area (Å²) in [4.78, 5) is 27.8. The molecule has 0 radical (unpaired) electrons. The van der Waals surface area contributed by atoms with E-state index in [0.717, 1.165) is 70.0 Å². The maximum atomic E-state index is 13.4. The smallest absolute Gasteiger partial charge is 0.264 e. The number of pyridine rings is 1. The molecule has 1 fully saturated rings. The predicted molar refractivity (Wildman–Crippen MR) is 139 cm³/mol. The maximum Gasteiger partial charge on any atom is 0.264 e. The lowest BCUT2D eigenvalue weighted by atomic mass is 9.97. The lowest BCUT2D eigenvalue weighted by molar-refractivity contribution is 0.0647. The normalized spacial score (nSPS) is 15.7. The van der Waals surface area contributed by atoms with E-state index in [1.807, 2.05) is 22.7 Å². The predicted octanol–water partition coefficient (Wildman–Crippen LogP) is 5.32. The average Bonchev–Trinajstić information content (AvgIpc) is 3.53. The van der Waals surface area contributed by atoms with Crippen molar-refractivity contribution >= 4 is 33.1 Å². The Hall–Kier alpha value is -2.71. The van der Waals surface area contributed by atoms with Gasteiger partial charge in [0.25, 0.3) is 5.91 Å². The number of amides is 1. The first kappa shape index (κ1) is 23.1. The first-order valence-electron chi connectivity index (χ1n) is 12.3. The number of fused-ring (bicyclic) bond motifs is 2. The number of carbonyl (C=O) groups is 1. The van der Waals surface area contributed by atoms with Crippen LogP contribution in [-0.4, -0.2) is 68.0 Å². The fourth-order valence-corrected chi connectivity index (χ4v) is 6.41. The van der Waals surface area contributed by atoms with Gasteiger partial charge in [-0.05, 0) is 61.9 Å². The highest BCUT2D eigenvalue weighted by atomic mass is 32.1. The van der Waals surface area contributed by atoms with Crippen LogP contribution in [0.4, 0.5) is 0 Å². The van der Waals surface area contributed by atoms with Crippen molar-refractivity contribution in [2.24, 2.45) is 0 Å². The molecule has 1 saturated heterocycles. The Morgan fingerprint density at radius 1 is 1.29 bits per heavy atom. The van der Waals surface area contributed by atoms with Gasteiger partial charge in [0.15, 0.2) is 5.65 Å². The van der Waals surface area contributed by atoms with Crippen LogP contribution < -0.4 is 0 Å². The van der Waals surface area contributed by atoms with Gasteiger partial charge in [-0.15, -0.1) is 11.3 Å². The summed E-state index contributed by atoms with van der Waals surface area (Å²) in [5.41, 5.74) is 5.41. The van der Waals surface area contributed by atoms with E-state index in [1.165, 1.54) is 12.0 Å². The zero-order chi connectivity index (χ0) is 24.0.